The first-order valence-electron chi connectivity index (χ1n) is 9.14. The van der Waals surface area contributed by atoms with Crippen LogP contribution in [0.3, 0.4) is 0 Å². The van der Waals surface area contributed by atoms with E-state index < -0.39 is 0 Å². The SMILES string of the molecule is Cc1noc(C)c1C(=O)N1CCC2(CC1)C[C@H](Oc1ccccc1)CO2. The van der Waals surface area contributed by atoms with Crippen molar-refractivity contribution in [2.24, 2.45) is 0 Å². The van der Waals surface area contributed by atoms with Crippen LogP contribution in [0.15, 0.2) is 34.9 Å². The van der Waals surface area contributed by atoms with Gasteiger partial charge in [-0.3, -0.25) is 4.79 Å². The Balaban J connectivity index is 1.36. The lowest BCUT2D eigenvalue weighted by atomic mass is 9.87. The molecule has 1 atom stereocenters. The maximum absolute atomic E-state index is 12.8. The molecule has 1 aromatic heterocycles. The third kappa shape index (κ3) is 3.21. The highest BCUT2D eigenvalue weighted by Crippen LogP contribution is 2.37. The molecule has 26 heavy (non-hydrogen) atoms. The summed E-state index contributed by atoms with van der Waals surface area (Å²) in [6, 6.07) is 9.86. The molecule has 4 rings (SSSR count). The Morgan fingerprint density at radius 3 is 2.62 bits per heavy atom. The number of benzene rings is 1. The smallest absolute Gasteiger partial charge is 0.259 e. The first-order chi connectivity index (χ1) is 12.6. The fourth-order valence-electron chi connectivity index (χ4n) is 3.98. The van der Waals surface area contributed by atoms with E-state index >= 15 is 0 Å². The van der Waals surface area contributed by atoms with Gasteiger partial charge in [0.1, 0.15) is 23.2 Å². The number of ether oxygens (including phenoxy) is 2. The highest BCUT2D eigenvalue weighted by Gasteiger charge is 2.44. The number of piperidine rings is 1. The minimum absolute atomic E-state index is 0.00572. The lowest BCUT2D eigenvalue weighted by Crippen LogP contribution is -2.46. The van der Waals surface area contributed by atoms with Crippen LogP contribution in [0.5, 0.6) is 5.75 Å². The summed E-state index contributed by atoms with van der Waals surface area (Å²) < 4.78 is 17.3. The van der Waals surface area contributed by atoms with Crippen molar-refractivity contribution in [2.45, 2.75) is 44.8 Å². The Hall–Kier alpha value is -2.34. The van der Waals surface area contributed by atoms with E-state index in [9.17, 15) is 4.79 Å². The number of carbonyl (C=O) groups excluding carboxylic acids is 1. The van der Waals surface area contributed by atoms with Crippen LogP contribution in [-0.4, -0.2) is 47.4 Å². The van der Waals surface area contributed by atoms with Crippen molar-refractivity contribution in [1.29, 1.82) is 0 Å². The van der Waals surface area contributed by atoms with Crippen molar-refractivity contribution in [3.05, 3.63) is 47.3 Å². The highest BCUT2D eigenvalue weighted by atomic mass is 16.6. The molecule has 2 aromatic rings. The second-order valence-corrected chi connectivity index (χ2v) is 7.24. The fraction of sp³-hybridized carbons (Fsp3) is 0.500. The number of amides is 1. The van der Waals surface area contributed by atoms with Gasteiger partial charge in [-0.2, -0.15) is 0 Å². The molecule has 6 nitrogen and oxygen atoms in total. The second-order valence-electron chi connectivity index (χ2n) is 7.24. The number of likely N-dealkylation sites (tertiary alicyclic amines) is 1. The van der Waals surface area contributed by atoms with Crippen molar-refractivity contribution < 1.29 is 18.8 Å². The van der Waals surface area contributed by atoms with Crippen molar-refractivity contribution in [3.63, 3.8) is 0 Å². The lowest BCUT2D eigenvalue weighted by Gasteiger charge is -2.38. The van der Waals surface area contributed by atoms with Crippen molar-refractivity contribution in [2.75, 3.05) is 19.7 Å². The fourth-order valence-corrected chi connectivity index (χ4v) is 3.98. The van der Waals surface area contributed by atoms with E-state index in [1.165, 1.54) is 0 Å². The average Bonchev–Trinajstić information content (AvgIpc) is 3.19. The topological polar surface area (TPSA) is 64.8 Å². The van der Waals surface area contributed by atoms with Crippen LogP contribution in [0, 0.1) is 13.8 Å². The van der Waals surface area contributed by atoms with Gasteiger partial charge in [0.25, 0.3) is 5.91 Å². The summed E-state index contributed by atoms with van der Waals surface area (Å²) >= 11 is 0. The predicted molar refractivity (Wildman–Crippen MR) is 95.3 cm³/mol. The Kier molecular flexibility index (Phi) is 4.44. The minimum Gasteiger partial charge on any atom is -0.488 e. The van der Waals surface area contributed by atoms with Gasteiger partial charge in [0, 0.05) is 19.5 Å². The maximum Gasteiger partial charge on any atom is 0.259 e. The Labute approximate surface area is 153 Å². The van der Waals surface area contributed by atoms with Gasteiger partial charge in [0.05, 0.1) is 17.9 Å². The largest absolute Gasteiger partial charge is 0.488 e. The molecule has 0 saturated carbocycles. The molecular formula is C20H24N2O4. The third-order valence-electron chi connectivity index (χ3n) is 5.43. The van der Waals surface area contributed by atoms with Crippen molar-refractivity contribution in [1.82, 2.24) is 10.1 Å². The first-order valence-corrected chi connectivity index (χ1v) is 9.14. The average molecular weight is 356 g/mol. The third-order valence-corrected chi connectivity index (χ3v) is 5.43. The van der Waals surface area contributed by atoms with Gasteiger partial charge < -0.3 is 18.9 Å². The zero-order chi connectivity index (χ0) is 18.1. The molecule has 138 valence electrons. The summed E-state index contributed by atoms with van der Waals surface area (Å²) in [7, 11) is 0. The zero-order valence-corrected chi connectivity index (χ0v) is 15.2. The lowest BCUT2D eigenvalue weighted by molar-refractivity contribution is -0.0396. The van der Waals surface area contributed by atoms with Gasteiger partial charge in [-0.25, -0.2) is 0 Å². The number of rotatable bonds is 3. The number of carbonyl (C=O) groups is 1. The van der Waals surface area contributed by atoms with Crippen molar-refractivity contribution >= 4 is 5.91 Å². The van der Waals surface area contributed by atoms with Crippen LogP contribution in [0.1, 0.15) is 41.1 Å². The second kappa shape index (κ2) is 6.76. The quantitative estimate of drug-likeness (QED) is 0.845. The van der Waals surface area contributed by atoms with E-state index in [0.29, 0.717) is 36.7 Å². The Morgan fingerprint density at radius 2 is 1.96 bits per heavy atom. The molecule has 1 amide bonds. The van der Waals surface area contributed by atoms with Gasteiger partial charge >= 0.3 is 0 Å². The number of para-hydroxylation sites is 1. The number of aromatic nitrogens is 1. The maximum atomic E-state index is 12.8. The van der Waals surface area contributed by atoms with E-state index in [4.69, 9.17) is 14.0 Å². The monoisotopic (exact) mass is 356 g/mol. The molecule has 3 heterocycles. The number of nitrogens with zero attached hydrogens (tertiary/aromatic N) is 2. The Bertz CT molecular complexity index is 759. The van der Waals surface area contributed by atoms with Crippen LogP contribution in [0.2, 0.25) is 0 Å². The molecule has 2 fully saturated rings. The molecule has 2 aliphatic heterocycles. The summed E-state index contributed by atoms with van der Waals surface area (Å²) in [5.41, 5.74) is 1.08. The van der Waals surface area contributed by atoms with Crippen molar-refractivity contribution in [3.8, 4) is 5.75 Å². The Morgan fingerprint density at radius 1 is 1.23 bits per heavy atom. The summed E-state index contributed by atoms with van der Waals surface area (Å²) in [5, 5.41) is 3.89. The van der Waals surface area contributed by atoms with Crippen LogP contribution in [0.25, 0.3) is 0 Å². The number of hydrogen-bond acceptors (Lipinski definition) is 5. The summed E-state index contributed by atoms with van der Waals surface area (Å²) in [5.74, 6) is 1.47. The zero-order valence-electron chi connectivity index (χ0n) is 15.2. The molecule has 1 spiro atoms. The van der Waals surface area contributed by atoms with E-state index in [2.05, 4.69) is 5.16 Å². The number of hydrogen-bond donors (Lipinski definition) is 0. The molecule has 0 radical (unpaired) electrons. The molecule has 2 saturated heterocycles. The van der Waals surface area contributed by atoms with Gasteiger partial charge in [-0.1, -0.05) is 23.4 Å². The van der Waals surface area contributed by atoms with Crippen LogP contribution < -0.4 is 4.74 Å². The van der Waals surface area contributed by atoms with Gasteiger partial charge in [0.15, 0.2) is 0 Å². The highest BCUT2D eigenvalue weighted by molar-refractivity contribution is 5.96. The summed E-state index contributed by atoms with van der Waals surface area (Å²) in [6.45, 7) is 5.56. The molecule has 1 aromatic carbocycles. The van der Waals surface area contributed by atoms with E-state index in [0.717, 1.165) is 25.0 Å². The van der Waals surface area contributed by atoms with E-state index in [1.54, 1.807) is 13.8 Å². The van der Waals surface area contributed by atoms with Gasteiger partial charge in [-0.05, 0) is 38.8 Å². The molecule has 0 N–H and O–H groups in total. The van der Waals surface area contributed by atoms with Gasteiger partial charge in [-0.15, -0.1) is 0 Å². The molecular weight excluding hydrogens is 332 g/mol. The van der Waals surface area contributed by atoms with E-state index in [-0.39, 0.29) is 17.6 Å². The van der Waals surface area contributed by atoms with E-state index in [1.807, 2.05) is 35.2 Å². The molecule has 0 unspecified atom stereocenters. The summed E-state index contributed by atoms with van der Waals surface area (Å²) in [4.78, 5) is 14.7. The van der Waals surface area contributed by atoms with Crippen LogP contribution in [0.4, 0.5) is 0 Å². The van der Waals surface area contributed by atoms with Crippen LogP contribution in [-0.2, 0) is 4.74 Å². The standard InChI is InChI=1S/C20H24N2O4/c1-14-18(15(2)26-21-14)19(23)22-10-8-20(9-11-22)12-17(13-24-20)25-16-6-4-3-5-7-16/h3-7,17H,8-13H2,1-2H3/t17-/m0/s1. The summed E-state index contributed by atoms with van der Waals surface area (Å²) in [6.07, 6.45) is 2.60. The predicted octanol–water partition coefficient (Wildman–Crippen LogP) is 3.13. The number of aryl methyl sites for hydroxylation is 2. The normalized spacial score (nSPS) is 21.9. The molecule has 6 heteroatoms. The molecule has 0 bridgehead atoms. The molecule has 2 aliphatic rings. The molecule has 0 aliphatic carbocycles. The van der Waals surface area contributed by atoms with Crippen LogP contribution >= 0.6 is 0 Å². The minimum atomic E-state index is -0.172. The first kappa shape index (κ1) is 17.1. The van der Waals surface area contributed by atoms with Gasteiger partial charge in [0.2, 0.25) is 0 Å².